The average Bonchev–Trinajstić information content (AvgIpc) is 2.58. The highest BCUT2D eigenvalue weighted by Crippen LogP contribution is 2.26. The van der Waals surface area contributed by atoms with Crippen LogP contribution < -0.4 is 9.88 Å². The number of aliphatic hydroxyl groups excluding tert-OH is 1. The Labute approximate surface area is 145 Å². The molecule has 128 valence electrons. The van der Waals surface area contributed by atoms with Gasteiger partial charge in [0.2, 0.25) is 0 Å². The summed E-state index contributed by atoms with van der Waals surface area (Å²) >= 11 is 0. The number of nitrogens with one attached hydrogen (secondary N) is 1. The molecule has 0 spiro atoms. The van der Waals surface area contributed by atoms with Crippen LogP contribution in [-0.2, 0) is 7.05 Å². The fraction of sp³-hybridized carbons (Fsp3) is 0.150. The van der Waals surface area contributed by atoms with Crippen LogP contribution in [0.4, 0.5) is 14.5 Å². The van der Waals surface area contributed by atoms with Gasteiger partial charge in [0, 0.05) is 17.3 Å². The molecule has 0 amide bonds. The van der Waals surface area contributed by atoms with Crippen molar-refractivity contribution in [2.24, 2.45) is 7.05 Å². The minimum atomic E-state index is -1.47. The molecule has 25 heavy (non-hydrogen) atoms. The molecule has 1 unspecified atom stereocenters. The zero-order valence-electron chi connectivity index (χ0n) is 14.0. The van der Waals surface area contributed by atoms with Gasteiger partial charge in [0.25, 0.3) is 0 Å². The van der Waals surface area contributed by atoms with Gasteiger partial charge in [0.05, 0.1) is 5.56 Å². The van der Waals surface area contributed by atoms with E-state index in [-0.39, 0.29) is 0 Å². The zero-order valence-corrected chi connectivity index (χ0v) is 14.0. The Morgan fingerprint density at radius 1 is 1.00 bits per heavy atom. The van der Waals surface area contributed by atoms with E-state index in [1.165, 1.54) is 6.07 Å². The second-order valence-electron chi connectivity index (χ2n) is 5.97. The number of aromatic nitrogens is 1. The number of hydrogen-bond acceptors (Lipinski definition) is 2. The Balaban J connectivity index is 1.82. The topological polar surface area (TPSA) is 36.1 Å². The Kier molecular flexibility index (Phi) is 4.76. The first-order valence-electron chi connectivity index (χ1n) is 7.90. The van der Waals surface area contributed by atoms with Crippen LogP contribution in [0.5, 0.6) is 0 Å². The van der Waals surface area contributed by atoms with Crippen LogP contribution in [0.15, 0.2) is 60.9 Å². The lowest BCUT2D eigenvalue weighted by Gasteiger charge is -2.16. The SMILES string of the molecule is Cc1cc[n+](C)cc1-c1ccc(NC(O)c2c(F)cccc2F)cc1. The molecule has 2 N–H and O–H groups in total. The van der Waals surface area contributed by atoms with E-state index in [0.29, 0.717) is 5.69 Å². The molecule has 5 heteroatoms. The maximum absolute atomic E-state index is 13.7. The maximum atomic E-state index is 13.7. The molecule has 0 saturated carbocycles. The van der Waals surface area contributed by atoms with Gasteiger partial charge in [0.15, 0.2) is 18.6 Å². The average molecular weight is 341 g/mol. The molecule has 3 nitrogen and oxygen atoms in total. The number of aliphatic hydroxyl groups is 1. The van der Waals surface area contributed by atoms with Crippen molar-refractivity contribution in [2.45, 2.75) is 13.2 Å². The quantitative estimate of drug-likeness (QED) is 0.558. The summed E-state index contributed by atoms with van der Waals surface area (Å²) in [5.41, 5.74) is 3.43. The van der Waals surface area contributed by atoms with Crippen LogP contribution in [0, 0.1) is 18.6 Å². The molecule has 0 aliphatic rings. The van der Waals surface area contributed by atoms with Gasteiger partial charge in [-0.15, -0.1) is 0 Å². The molecule has 0 bridgehead atoms. The number of rotatable bonds is 4. The third-order valence-corrected chi connectivity index (χ3v) is 4.09. The second kappa shape index (κ2) is 6.99. The Morgan fingerprint density at radius 3 is 2.28 bits per heavy atom. The molecular formula is C20H19F2N2O+. The fourth-order valence-electron chi connectivity index (χ4n) is 2.72. The van der Waals surface area contributed by atoms with Crippen LogP contribution in [0.2, 0.25) is 0 Å². The highest BCUT2D eigenvalue weighted by atomic mass is 19.1. The number of pyridine rings is 1. The molecule has 1 heterocycles. The van der Waals surface area contributed by atoms with Crippen molar-refractivity contribution in [3.8, 4) is 11.1 Å². The molecule has 0 saturated heterocycles. The molecule has 2 aromatic carbocycles. The van der Waals surface area contributed by atoms with Crippen molar-refractivity contribution >= 4 is 5.69 Å². The van der Waals surface area contributed by atoms with Crippen LogP contribution in [0.3, 0.4) is 0 Å². The molecule has 1 atom stereocenters. The Bertz CT molecular complexity index is 874. The summed E-state index contributed by atoms with van der Waals surface area (Å²) in [6.07, 6.45) is 2.54. The molecule has 0 fully saturated rings. The predicted octanol–water partition coefficient (Wildman–Crippen LogP) is 3.87. The smallest absolute Gasteiger partial charge is 0.176 e. The van der Waals surface area contributed by atoms with Crippen LogP contribution >= 0.6 is 0 Å². The molecule has 0 radical (unpaired) electrons. The van der Waals surface area contributed by atoms with Gasteiger partial charge in [-0.3, -0.25) is 0 Å². The van der Waals surface area contributed by atoms with Gasteiger partial charge in [-0.05, 0) is 42.3 Å². The minimum absolute atomic E-state index is 0.391. The van der Waals surface area contributed by atoms with Gasteiger partial charge in [-0.2, -0.15) is 0 Å². The number of nitrogens with zero attached hydrogens (tertiary/aromatic N) is 1. The maximum Gasteiger partial charge on any atom is 0.176 e. The van der Waals surface area contributed by atoms with Gasteiger partial charge in [-0.1, -0.05) is 18.2 Å². The molecule has 3 rings (SSSR count). The van der Waals surface area contributed by atoms with E-state index in [4.69, 9.17) is 0 Å². The Morgan fingerprint density at radius 2 is 1.64 bits per heavy atom. The summed E-state index contributed by atoms with van der Waals surface area (Å²) in [6, 6.07) is 12.9. The first-order valence-corrected chi connectivity index (χ1v) is 7.90. The number of anilines is 1. The highest BCUT2D eigenvalue weighted by Gasteiger charge is 2.17. The first kappa shape index (κ1) is 17.0. The number of halogens is 2. The minimum Gasteiger partial charge on any atom is -0.369 e. The van der Waals surface area contributed by atoms with Crippen LogP contribution in [0.1, 0.15) is 17.4 Å². The molecular weight excluding hydrogens is 322 g/mol. The van der Waals surface area contributed by atoms with E-state index in [1.54, 1.807) is 12.1 Å². The van der Waals surface area contributed by atoms with Crippen molar-refractivity contribution < 1.29 is 18.5 Å². The van der Waals surface area contributed by atoms with Crippen molar-refractivity contribution in [1.82, 2.24) is 0 Å². The van der Waals surface area contributed by atoms with Crippen molar-refractivity contribution in [3.63, 3.8) is 0 Å². The first-order chi connectivity index (χ1) is 12.0. The molecule has 1 aromatic heterocycles. The van der Waals surface area contributed by atoms with Crippen LogP contribution in [-0.4, -0.2) is 5.11 Å². The van der Waals surface area contributed by atoms with Gasteiger partial charge in [-0.25, -0.2) is 13.3 Å². The number of hydrogen-bond donors (Lipinski definition) is 2. The lowest BCUT2D eigenvalue weighted by atomic mass is 10.0. The molecule has 0 aliphatic carbocycles. The monoisotopic (exact) mass is 341 g/mol. The van der Waals surface area contributed by atoms with Gasteiger partial charge >= 0.3 is 0 Å². The van der Waals surface area contributed by atoms with E-state index in [1.807, 2.05) is 49.1 Å². The van der Waals surface area contributed by atoms with E-state index in [9.17, 15) is 13.9 Å². The standard InChI is InChI=1S/C20H19F2N2O/c1-13-10-11-24(2)12-16(13)14-6-8-15(9-7-14)23-20(25)19-17(21)4-3-5-18(19)22/h3-12,20,23,25H,1-2H3/q+1. The number of aryl methyl sites for hydroxylation is 2. The third-order valence-electron chi connectivity index (χ3n) is 4.09. The number of benzene rings is 2. The summed E-state index contributed by atoms with van der Waals surface area (Å²) in [6.45, 7) is 2.03. The summed E-state index contributed by atoms with van der Waals surface area (Å²) < 4.78 is 29.4. The zero-order chi connectivity index (χ0) is 18.0. The largest absolute Gasteiger partial charge is 0.369 e. The lowest BCUT2D eigenvalue weighted by molar-refractivity contribution is -0.671. The van der Waals surface area contributed by atoms with Crippen molar-refractivity contribution in [2.75, 3.05) is 5.32 Å². The summed E-state index contributed by atoms with van der Waals surface area (Å²) in [5.74, 6) is -1.58. The fourth-order valence-corrected chi connectivity index (χ4v) is 2.72. The van der Waals surface area contributed by atoms with Crippen LogP contribution in [0.25, 0.3) is 11.1 Å². The Hall–Kier alpha value is -2.79. The molecule has 0 aliphatic heterocycles. The van der Waals surface area contributed by atoms with E-state index in [2.05, 4.69) is 5.32 Å². The summed E-state index contributed by atoms with van der Waals surface area (Å²) in [7, 11) is 1.96. The summed E-state index contributed by atoms with van der Waals surface area (Å²) in [4.78, 5) is 0. The lowest BCUT2D eigenvalue weighted by Crippen LogP contribution is -2.26. The normalized spacial score (nSPS) is 12.0. The third kappa shape index (κ3) is 3.67. The van der Waals surface area contributed by atoms with Gasteiger partial charge < -0.3 is 10.4 Å². The second-order valence-corrected chi connectivity index (χ2v) is 5.97. The van der Waals surface area contributed by atoms with E-state index in [0.717, 1.165) is 28.8 Å². The molecule has 3 aromatic rings. The van der Waals surface area contributed by atoms with Gasteiger partial charge in [0.1, 0.15) is 18.7 Å². The highest BCUT2D eigenvalue weighted by molar-refractivity contribution is 5.67. The van der Waals surface area contributed by atoms with Crippen molar-refractivity contribution in [1.29, 1.82) is 0 Å². The van der Waals surface area contributed by atoms with Crippen molar-refractivity contribution in [3.05, 3.63) is 83.7 Å². The summed E-state index contributed by atoms with van der Waals surface area (Å²) in [5, 5.41) is 12.8. The van der Waals surface area contributed by atoms with E-state index >= 15 is 0 Å². The van der Waals surface area contributed by atoms with E-state index < -0.39 is 23.4 Å². The predicted molar refractivity (Wildman–Crippen MR) is 92.7 cm³/mol.